The average Bonchev–Trinajstić information content (AvgIpc) is 2.91. The maximum absolute atomic E-state index is 13.0. The number of hydrogen-bond acceptors (Lipinski definition) is 4. The normalized spacial score (nSPS) is 21.3. The lowest BCUT2D eigenvalue weighted by atomic mass is 9.91. The number of ether oxygens (including phenoxy) is 2. The van der Waals surface area contributed by atoms with Gasteiger partial charge in [-0.3, -0.25) is 9.69 Å². The van der Waals surface area contributed by atoms with E-state index in [0.29, 0.717) is 30.3 Å². The smallest absolute Gasteiger partial charge is 0.416 e. The summed E-state index contributed by atoms with van der Waals surface area (Å²) in [6, 6.07) is 8.81. The molecule has 1 N–H and O–H groups in total. The third-order valence-corrected chi connectivity index (χ3v) is 4.99. The Morgan fingerprint density at radius 1 is 1.07 bits per heavy atom. The van der Waals surface area contributed by atoms with Gasteiger partial charge in [0.1, 0.15) is 18.8 Å². The van der Waals surface area contributed by atoms with Gasteiger partial charge in [0.2, 0.25) is 0 Å². The van der Waals surface area contributed by atoms with Crippen molar-refractivity contribution in [2.24, 2.45) is 0 Å². The van der Waals surface area contributed by atoms with E-state index in [2.05, 4.69) is 5.32 Å². The first-order chi connectivity index (χ1) is 13.7. The van der Waals surface area contributed by atoms with Gasteiger partial charge >= 0.3 is 12.2 Å². The zero-order valence-electron chi connectivity index (χ0n) is 15.4. The standard InChI is InChI=1S/C20H17F3N2O4/c1-19(13-5-6-15-16(10-13)29-8-7-28-15)17(26)25(18(27)24-19)11-12-3-2-4-14(9-12)20(21,22)23/h2-6,9-10H,7-8,11H2,1H3,(H,24,27). The molecule has 2 aliphatic rings. The van der Waals surface area contributed by atoms with Gasteiger partial charge in [0.05, 0.1) is 12.1 Å². The van der Waals surface area contributed by atoms with Crippen LogP contribution in [0.3, 0.4) is 0 Å². The zero-order valence-corrected chi connectivity index (χ0v) is 15.4. The third kappa shape index (κ3) is 3.37. The van der Waals surface area contributed by atoms with Crippen molar-refractivity contribution in [2.45, 2.75) is 25.2 Å². The molecular weight excluding hydrogens is 389 g/mol. The van der Waals surface area contributed by atoms with Gasteiger partial charge in [-0.1, -0.05) is 18.2 Å². The summed E-state index contributed by atoms with van der Waals surface area (Å²) in [6.07, 6.45) is -4.51. The molecule has 1 fully saturated rings. The van der Waals surface area contributed by atoms with Crippen molar-refractivity contribution in [1.29, 1.82) is 0 Å². The Balaban J connectivity index is 1.61. The molecule has 1 atom stereocenters. The Labute approximate surface area is 164 Å². The molecule has 0 bridgehead atoms. The number of imide groups is 1. The Morgan fingerprint density at radius 3 is 2.52 bits per heavy atom. The largest absolute Gasteiger partial charge is 0.486 e. The second-order valence-electron chi connectivity index (χ2n) is 7.00. The monoisotopic (exact) mass is 406 g/mol. The highest BCUT2D eigenvalue weighted by atomic mass is 19.4. The fraction of sp³-hybridized carbons (Fsp3) is 0.300. The van der Waals surface area contributed by atoms with Gasteiger partial charge in [-0.2, -0.15) is 13.2 Å². The number of nitrogens with one attached hydrogen (secondary N) is 1. The first-order valence-corrected chi connectivity index (χ1v) is 8.89. The summed E-state index contributed by atoms with van der Waals surface area (Å²) in [6.45, 7) is 2.07. The Bertz CT molecular complexity index is 992. The third-order valence-electron chi connectivity index (χ3n) is 4.99. The van der Waals surface area contributed by atoms with Crippen LogP contribution in [-0.2, 0) is 23.1 Å². The number of carbonyl (C=O) groups excluding carboxylic acids is 2. The molecule has 29 heavy (non-hydrogen) atoms. The summed E-state index contributed by atoms with van der Waals surface area (Å²) < 4.78 is 49.8. The lowest BCUT2D eigenvalue weighted by Gasteiger charge is -2.25. The number of halogens is 3. The van der Waals surface area contributed by atoms with E-state index in [1.165, 1.54) is 12.1 Å². The van der Waals surface area contributed by atoms with E-state index in [9.17, 15) is 22.8 Å². The highest BCUT2D eigenvalue weighted by Gasteiger charge is 2.49. The number of benzene rings is 2. The highest BCUT2D eigenvalue weighted by Crippen LogP contribution is 2.37. The molecular formula is C20H17F3N2O4. The molecule has 2 aliphatic heterocycles. The van der Waals surface area contributed by atoms with Crippen molar-refractivity contribution in [3.05, 3.63) is 59.2 Å². The molecule has 4 rings (SSSR count). The zero-order chi connectivity index (χ0) is 20.8. The number of amides is 3. The molecule has 2 aromatic rings. The lowest BCUT2D eigenvalue weighted by Crippen LogP contribution is -2.41. The van der Waals surface area contributed by atoms with E-state index >= 15 is 0 Å². The van der Waals surface area contributed by atoms with Crippen molar-refractivity contribution in [3.8, 4) is 11.5 Å². The van der Waals surface area contributed by atoms with Gasteiger partial charge < -0.3 is 14.8 Å². The SMILES string of the molecule is CC1(c2ccc3c(c2)OCCO3)NC(=O)N(Cc2cccc(C(F)(F)F)c2)C1=O. The second kappa shape index (κ2) is 6.68. The van der Waals surface area contributed by atoms with Gasteiger partial charge in [-0.05, 0) is 42.3 Å². The van der Waals surface area contributed by atoms with Gasteiger partial charge in [0, 0.05) is 0 Å². The maximum Gasteiger partial charge on any atom is 0.416 e. The Hall–Kier alpha value is -3.23. The van der Waals surface area contributed by atoms with E-state index in [1.54, 1.807) is 25.1 Å². The first-order valence-electron chi connectivity index (χ1n) is 8.89. The summed E-state index contributed by atoms with van der Waals surface area (Å²) >= 11 is 0. The molecule has 1 unspecified atom stereocenters. The summed E-state index contributed by atoms with van der Waals surface area (Å²) in [5.74, 6) is 0.450. The van der Waals surface area contributed by atoms with E-state index in [0.717, 1.165) is 17.0 Å². The van der Waals surface area contributed by atoms with Crippen LogP contribution in [0, 0.1) is 0 Å². The predicted octanol–water partition coefficient (Wildman–Crippen LogP) is 3.44. The summed E-state index contributed by atoms with van der Waals surface area (Å²) in [5.41, 5.74) is -1.51. The van der Waals surface area contributed by atoms with Crippen molar-refractivity contribution < 1.29 is 32.2 Å². The molecule has 9 heteroatoms. The minimum atomic E-state index is -4.51. The molecule has 0 spiro atoms. The average molecular weight is 406 g/mol. The highest BCUT2D eigenvalue weighted by molar-refractivity contribution is 6.07. The number of rotatable bonds is 3. The summed E-state index contributed by atoms with van der Waals surface area (Å²) in [7, 11) is 0. The number of urea groups is 1. The maximum atomic E-state index is 13.0. The molecule has 1 saturated heterocycles. The molecule has 3 amide bonds. The van der Waals surface area contributed by atoms with Gasteiger partial charge in [-0.15, -0.1) is 0 Å². The van der Waals surface area contributed by atoms with Crippen LogP contribution in [0.1, 0.15) is 23.6 Å². The molecule has 0 radical (unpaired) electrons. The van der Waals surface area contributed by atoms with Crippen LogP contribution in [0.5, 0.6) is 11.5 Å². The molecule has 2 aromatic carbocycles. The quantitative estimate of drug-likeness (QED) is 0.793. The molecule has 0 aliphatic carbocycles. The topological polar surface area (TPSA) is 67.9 Å². The molecule has 0 saturated carbocycles. The Morgan fingerprint density at radius 2 is 1.79 bits per heavy atom. The summed E-state index contributed by atoms with van der Waals surface area (Å²) in [4.78, 5) is 26.4. The van der Waals surface area contributed by atoms with Crippen LogP contribution >= 0.6 is 0 Å². The number of alkyl halides is 3. The van der Waals surface area contributed by atoms with E-state index in [1.807, 2.05) is 0 Å². The minimum Gasteiger partial charge on any atom is -0.486 e. The van der Waals surface area contributed by atoms with Crippen molar-refractivity contribution >= 4 is 11.9 Å². The molecule has 0 aromatic heterocycles. The van der Waals surface area contributed by atoms with Crippen molar-refractivity contribution in [2.75, 3.05) is 13.2 Å². The number of fused-ring (bicyclic) bond motifs is 1. The first kappa shape index (κ1) is 19.1. The summed E-state index contributed by atoms with van der Waals surface area (Å²) in [5, 5.41) is 2.64. The Kier molecular flexibility index (Phi) is 4.40. The fourth-order valence-corrected chi connectivity index (χ4v) is 3.42. The lowest BCUT2D eigenvalue weighted by molar-refractivity contribution is -0.137. The molecule has 152 valence electrons. The van der Waals surface area contributed by atoms with Gasteiger partial charge in [-0.25, -0.2) is 4.79 Å². The predicted molar refractivity (Wildman–Crippen MR) is 95.3 cm³/mol. The van der Waals surface area contributed by atoms with E-state index < -0.39 is 29.2 Å². The number of carbonyl (C=O) groups is 2. The fourth-order valence-electron chi connectivity index (χ4n) is 3.42. The molecule has 6 nitrogen and oxygen atoms in total. The van der Waals surface area contributed by atoms with Crippen LogP contribution in [0.15, 0.2) is 42.5 Å². The van der Waals surface area contributed by atoms with Gasteiger partial charge in [0.15, 0.2) is 11.5 Å². The van der Waals surface area contributed by atoms with Crippen molar-refractivity contribution in [3.63, 3.8) is 0 Å². The van der Waals surface area contributed by atoms with Crippen LogP contribution < -0.4 is 14.8 Å². The number of nitrogens with zero attached hydrogens (tertiary/aromatic N) is 1. The van der Waals surface area contributed by atoms with Crippen LogP contribution in [0.25, 0.3) is 0 Å². The molecule has 2 heterocycles. The minimum absolute atomic E-state index is 0.203. The van der Waals surface area contributed by atoms with E-state index in [4.69, 9.17) is 9.47 Å². The second-order valence-corrected chi connectivity index (χ2v) is 7.00. The van der Waals surface area contributed by atoms with Crippen LogP contribution in [-0.4, -0.2) is 30.1 Å². The number of hydrogen-bond donors (Lipinski definition) is 1. The van der Waals surface area contributed by atoms with E-state index in [-0.39, 0.29) is 12.1 Å². The van der Waals surface area contributed by atoms with Crippen LogP contribution in [0.2, 0.25) is 0 Å². The van der Waals surface area contributed by atoms with Crippen molar-refractivity contribution in [1.82, 2.24) is 10.2 Å². The van der Waals surface area contributed by atoms with Gasteiger partial charge in [0.25, 0.3) is 5.91 Å². The van der Waals surface area contributed by atoms with Crippen LogP contribution in [0.4, 0.5) is 18.0 Å².